The molecule has 132 valence electrons. The van der Waals surface area contributed by atoms with Crippen LogP contribution in [0.1, 0.15) is 0 Å². The van der Waals surface area contributed by atoms with Crippen LogP contribution in [0, 0.1) is 0 Å². The van der Waals surface area contributed by atoms with Gasteiger partial charge in [-0.1, -0.05) is 46.3 Å². The zero-order valence-electron chi connectivity index (χ0n) is 14.5. The molecule has 0 bridgehead atoms. The quantitative estimate of drug-likeness (QED) is 0.332. The van der Waals surface area contributed by atoms with Gasteiger partial charge in [0.15, 0.2) is 11.5 Å². The van der Waals surface area contributed by atoms with Gasteiger partial charge in [-0.3, -0.25) is 4.40 Å². The molecule has 4 heterocycles. The van der Waals surface area contributed by atoms with Gasteiger partial charge < -0.3 is 0 Å². The Labute approximate surface area is 168 Å². The number of pyridine rings is 2. The Morgan fingerprint density at radius 3 is 2.61 bits per heavy atom. The molecule has 2 aromatic carbocycles. The maximum atomic E-state index is 4.87. The van der Waals surface area contributed by atoms with E-state index in [0.717, 1.165) is 54.7 Å². The molecule has 0 fully saturated rings. The number of nitrogens with zero attached hydrogens (tertiary/aromatic N) is 5. The first-order chi connectivity index (χ1) is 13.8. The largest absolute Gasteiger partial charge is 0.258 e. The van der Waals surface area contributed by atoms with Gasteiger partial charge in [0.1, 0.15) is 11.3 Å². The average molecular weight is 426 g/mol. The predicted molar refractivity (Wildman–Crippen MR) is 113 cm³/mol. The highest BCUT2D eigenvalue weighted by molar-refractivity contribution is 9.10. The van der Waals surface area contributed by atoms with E-state index in [2.05, 4.69) is 55.4 Å². The molecule has 0 saturated heterocycles. The van der Waals surface area contributed by atoms with Gasteiger partial charge >= 0.3 is 0 Å². The summed E-state index contributed by atoms with van der Waals surface area (Å²) in [4.78, 5) is 9.50. The van der Waals surface area contributed by atoms with Crippen LogP contribution in [0.5, 0.6) is 0 Å². The molecule has 0 N–H and O–H groups in total. The van der Waals surface area contributed by atoms with E-state index in [0.29, 0.717) is 0 Å². The highest BCUT2D eigenvalue weighted by Crippen LogP contribution is 2.35. The van der Waals surface area contributed by atoms with Crippen molar-refractivity contribution in [3.63, 3.8) is 0 Å². The van der Waals surface area contributed by atoms with Crippen molar-refractivity contribution in [2.75, 3.05) is 0 Å². The van der Waals surface area contributed by atoms with Crippen LogP contribution < -0.4 is 0 Å². The normalized spacial score (nSPS) is 11.8. The summed E-state index contributed by atoms with van der Waals surface area (Å²) in [6.45, 7) is 0. The van der Waals surface area contributed by atoms with Crippen molar-refractivity contribution in [2.45, 2.75) is 0 Å². The summed E-state index contributed by atoms with van der Waals surface area (Å²) in [5.41, 5.74) is 5.31. The van der Waals surface area contributed by atoms with Crippen molar-refractivity contribution >= 4 is 43.5 Å². The van der Waals surface area contributed by atoms with Crippen molar-refractivity contribution in [1.29, 1.82) is 0 Å². The lowest BCUT2D eigenvalue weighted by molar-refractivity contribution is 0.976. The Morgan fingerprint density at radius 2 is 1.71 bits per heavy atom. The molecule has 0 radical (unpaired) electrons. The van der Waals surface area contributed by atoms with Crippen molar-refractivity contribution in [2.24, 2.45) is 0 Å². The number of benzene rings is 2. The standard InChI is InChI=1S/C22H12BrN5/c23-15-8-9-18-17(12-15)19-22(25-18)28-20-14(7-4-10-24-20)11-16(21(28)27-26-19)13-5-2-1-3-6-13/h1-12H. The topological polar surface area (TPSA) is 56.0 Å². The Kier molecular flexibility index (Phi) is 3.25. The first-order valence-corrected chi connectivity index (χ1v) is 9.66. The monoisotopic (exact) mass is 425 g/mol. The molecule has 2 aliphatic heterocycles. The van der Waals surface area contributed by atoms with Crippen molar-refractivity contribution in [3.05, 3.63) is 77.4 Å². The number of hydrogen-bond donors (Lipinski definition) is 0. The minimum Gasteiger partial charge on any atom is -0.258 e. The van der Waals surface area contributed by atoms with Crippen LogP contribution in [-0.2, 0) is 0 Å². The summed E-state index contributed by atoms with van der Waals surface area (Å²) in [6.07, 6.45) is 1.79. The lowest BCUT2D eigenvalue weighted by Crippen LogP contribution is -2.05. The molecular formula is C22H12BrN5. The Morgan fingerprint density at radius 1 is 0.821 bits per heavy atom. The molecule has 0 spiro atoms. The maximum Gasteiger partial charge on any atom is 0.170 e. The second kappa shape index (κ2) is 5.81. The lowest BCUT2D eigenvalue weighted by Gasteiger charge is -2.13. The molecule has 0 aliphatic carbocycles. The van der Waals surface area contributed by atoms with Crippen molar-refractivity contribution < 1.29 is 0 Å². The molecular weight excluding hydrogens is 414 g/mol. The van der Waals surface area contributed by atoms with E-state index in [4.69, 9.17) is 4.98 Å². The summed E-state index contributed by atoms with van der Waals surface area (Å²) in [5.74, 6) is 0.764. The maximum absolute atomic E-state index is 4.87. The molecule has 0 saturated carbocycles. The van der Waals surface area contributed by atoms with E-state index < -0.39 is 0 Å². The van der Waals surface area contributed by atoms with Gasteiger partial charge in [-0.2, -0.15) is 0 Å². The molecule has 5 nitrogen and oxygen atoms in total. The SMILES string of the molecule is Brc1ccc2nc3n4c(nnc-3c2c1)c(-c1ccccc1)cc1cccnc14. The first-order valence-electron chi connectivity index (χ1n) is 8.87. The van der Waals surface area contributed by atoms with Crippen LogP contribution in [-0.4, -0.2) is 24.6 Å². The lowest BCUT2D eigenvalue weighted by atomic mass is 10.1. The van der Waals surface area contributed by atoms with Crippen LogP contribution in [0.25, 0.3) is 50.2 Å². The van der Waals surface area contributed by atoms with E-state index in [1.807, 2.05) is 46.9 Å². The zero-order chi connectivity index (χ0) is 18.7. The number of hydrogen-bond acceptors (Lipinski definition) is 4. The highest BCUT2D eigenvalue weighted by Gasteiger charge is 2.21. The fourth-order valence-corrected chi connectivity index (χ4v) is 4.07. The number of rotatable bonds is 1. The number of halogens is 1. The van der Waals surface area contributed by atoms with Crippen LogP contribution in [0.4, 0.5) is 0 Å². The predicted octanol–water partition coefficient (Wildman–Crippen LogP) is 5.36. The summed E-state index contributed by atoms with van der Waals surface area (Å²) >= 11 is 3.54. The van der Waals surface area contributed by atoms with Crippen LogP contribution in [0.15, 0.2) is 77.4 Å². The third-order valence-electron chi connectivity index (χ3n) is 4.97. The van der Waals surface area contributed by atoms with E-state index in [9.17, 15) is 0 Å². The molecule has 2 aliphatic rings. The number of fused-ring (bicyclic) bond motifs is 7. The fraction of sp³-hybridized carbons (Fsp3) is 0. The minimum atomic E-state index is 0.742. The second-order valence-electron chi connectivity index (χ2n) is 6.64. The van der Waals surface area contributed by atoms with Crippen LogP contribution in [0.2, 0.25) is 0 Å². The van der Waals surface area contributed by atoms with Gasteiger partial charge in [0.05, 0.1) is 5.52 Å². The van der Waals surface area contributed by atoms with E-state index in [-0.39, 0.29) is 0 Å². The van der Waals surface area contributed by atoms with Crippen LogP contribution >= 0.6 is 15.9 Å². The summed E-state index contributed by atoms with van der Waals surface area (Å²) in [6, 6.07) is 22.4. The van der Waals surface area contributed by atoms with Crippen LogP contribution in [0.3, 0.4) is 0 Å². The summed E-state index contributed by atoms with van der Waals surface area (Å²) < 4.78 is 3.01. The Hall–Kier alpha value is -3.38. The zero-order valence-corrected chi connectivity index (χ0v) is 16.1. The molecule has 4 aromatic rings. The first kappa shape index (κ1) is 15.7. The molecule has 0 unspecified atom stereocenters. The minimum absolute atomic E-state index is 0.742. The van der Waals surface area contributed by atoms with Gasteiger partial charge in [0, 0.05) is 27.0 Å². The van der Waals surface area contributed by atoms with Gasteiger partial charge in [0.2, 0.25) is 0 Å². The molecule has 6 heteroatoms. The summed E-state index contributed by atoms with van der Waals surface area (Å²) in [5, 5.41) is 11.2. The van der Waals surface area contributed by atoms with E-state index >= 15 is 0 Å². The molecule has 0 amide bonds. The smallest absolute Gasteiger partial charge is 0.170 e. The second-order valence-corrected chi connectivity index (χ2v) is 7.56. The Bertz CT molecular complexity index is 1470. The average Bonchev–Trinajstić information content (AvgIpc) is 3.11. The molecule has 2 aromatic heterocycles. The molecule has 28 heavy (non-hydrogen) atoms. The third-order valence-corrected chi connectivity index (χ3v) is 5.47. The van der Waals surface area contributed by atoms with Gasteiger partial charge in [-0.25, -0.2) is 9.97 Å². The van der Waals surface area contributed by atoms with Crippen molar-refractivity contribution in [3.8, 4) is 22.6 Å². The van der Waals surface area contributed by atoms with Crippen molar-refractivity contribution in [1.82, 2.24) is 24.6 Å². The molecule has 0 atom stereocenters. The molecule has 6 rings (SSSR count). The van der Waals surface area contributed by atoms with Gasteiger partial charge in [-0.05, 0) is 42.0 Å². The van der Waals surface area contributed by atoms with E-state index in [1.165, 1.54) is 0 Å². The van der Waals surface area contributed by atoms with Gasteiger partial charge in [0.25, 0.3) is 0 Å². The third kappa shape index (κ3) is 2.18. The Balaban J connectivity index is 1.85. The van der Waals surface area contributed by atoms with Gasteiger partial charge in [-0.15, -0.1) is 10.2 Å². The number of aromatic nitrogens is 5. The summed E-state index contributed by atoms with van der Waals surface area (Å²) in [7, 11) is 0. The van der Waals surface area contributed by atoms with E-state index in [1.54, 1.807) is 6.20 Å². The highest BCUT2D eigenvalue weighted by atomic mass is 79.9. The fourth-order valence-electron chi connectivity index (χ4n) is 3.71.